The van der Waals surface area contributed by atoms with Gasteiger partial charge in [0.05, 0.1) is 17.5 Å². The minimum atomic E-state index is -0.408. The van der Waals surface area contributed by atoms with Gasteiger partial charge >= 0.3 is 0 Å². The molecule has 1 saturated heterocycles. The third-order valence-electron chi connectivity index (χ3n) is 5.45. The second-order valence-corrected chi connectivity index (χ2v) is 7.43. The maximum absolute atomic E-state index is 12.9. The quantitative estimate of drug-likeness (QED) is 0.439. The maximum atomic E-state index is 12.9. The molecule has 0 spiro atoms. The summed E-state index contributed by atoms with van der Waals surface area (Å²) in [6, 6.07) is 11.8. The third kappa shape index (κ3) is 3.70. The first-order chi connectivity index (χ1) is 13.9. The largest absolute Gasteiger partial charge is 0.485 e. The van der Waals surface area contributed by atoms with Crippen LogP contribution in [0.4, 0.5) is 10.1 Å². The number of benzene rings is 2. The molecule has 0 bridgehead atoms. The molecule has 29 heavy (non-hydrogen) atoms. The minimum absolute atomic E-state index is 0.160. The van der Waals surface area contributed by atoms with Crippen molar-refractivity contribution in [1.82, 2.24) is 0 Å². The predicted molar refractivity (Wildman–Crippen MR) is 105 cm³/mol. The van der Waals surface area contributed by atoms with Crippen molar-refractivity contribution in [3.63, 3.8) is 0 Å². The van der Waals surface area contributed by atoms with Crippen molar-refractivity contribution in [2.75, 3.05) is 11.5 Å². The van der Waals surface area contributed by atoms with E-state index in [1.54, 1.807) is 24.3 Å². The molecule has 1 aliphatic carbocycles. The lowest BCUT2D eigenvalue weighted by atomic mass is 9.82. The number of nitrogens with zero attached hydrogens (tertiary/aromatic N) is 1. The van der Waals surface area contributed by atoms with Crippen LogP contribution in [0.15, 0.2) is 60.2 Å². The van der Waals surface area contributed by atoms with Gasteiger partial charge in [0.2, 0.25) is 11.8 Å². The van der Waals surface area contributed by atoms with Crippen LogP contribution < -0.4 is 9.64 Å². The predicted octanol–water partition coefficient (Wildman–Crippen LogP) is 3.93. The molecular formula is C23H20FNO4. The SMILES string of the molecule is CC1=CC[C@H]2C(=O)N(c3ccc(OCC(=O)c4ccc(F)cc4)cc3)C(=O)[C@@H]2C1. The van der Waals surface area contributed by atoms with E-state index < -0.39 is 5.82 Å². The molecule has 2 atom stereocenters. The number of halogens is 1. The van der Waals surface area contributed by atoms with Crippen molar-refractivity contribution in [3.8, 4) is 5.75 Å². The first kappa shape index (κ1) is 19.1. The summed E-state index contributed by atoms with van der Waals surface area (Å²) in [7, 11) is 0. The first-order valence-corrected chi connectivity index (χ1v) is 9.49. The number of amides is 2. The average molecular weight is 393 g/mol. The number of anilines is 1. The van der Waals surface area contributed by atoms with Crippen molar-refractivity contribution in [1.29, 1.82) is 0 Å². The molecule has 1 heterocycles. The molecule has 2 amide bonds. The van der Waals surface area contributed by atoms with Crippen LogP contribution in [0.3, 0.4) is 0 Å². The lowest BCUT2D eigenvalue weighted by molar-refractivity contribution is -0.122. The lowest BCUT2D eigenvalue weighted by Gasteiger charge is -2.18. The van der Waals surface area contributed by atoms with Gasteiger partial charge in [0.15, 0.2) is 12.4 Å². The highest BCUT2D eigenvalue weighted by molar-refractivity contribution is 6.22. The molecule has 148 valence electrons. The molecule has 2 aromatic carbocycles. The number of hydrogen-bond acceptors (Lipinski definition) is 4. The van der Waals surface area contributed by atoms with Crippen LogP contribution in [-0.2, 0) is 9.59 Å². The zero-order valence-corrected chi connectivity index (χ0v) is 15.9. The van der Waals surface area contributed by atoms with Crippen molar-refractivity contribution in [2.24, 2.45) is 11.8 Å². The fourth-order valence-electron chi connectivity index (χ4n) is 3.85. The van der Waals surface area contributed by atoms with Crippen LogP contribution in [0.25, 0.3) is 0 Å². The van der Waals surface area contributed by atoms with Gasteiger partial charge in [-0.1, -0.05) is 11.6 Å². The van der Waals surface area contributed by atoms with Gasteiger partial charge in [-0.2, -0.15) is 0 Å². The Morgan fingerprint density at radius 2 is 1.69 bits per heavy atom. The van der Waals surface area contributed by atoms with E-state index in [0.717, 1.165) is 5.57 Å². The van der Waals surface area contributed by atoms with E-state index in [-0.39, 0.29) is 36.0 Å². The Labute approximate surface area is 167 Å². The van der Waals surface area contributed by atoms with Gasteiger partial charge in [0.1, 0.15) is 11.6 Å². The molecular weight excluding hydrogens is 373 g/mol. The number of carbonyl (C=O) groups excluding carboxylic acids is 3. The van der Waals surface area contributed by atoms with E-state index >= 15 is 0 Å². The monoisotopic (exact) mass is 393 g/mol. The maximum Gasteiger partial charge on any atom is 0.238 e. The normalized spacial score (nSPS) is 21.0. The zero-order chi connectivity index (χ0) is 20.5. The number of ether oxygens (including phenoxy) is 1. The molecule has 5 nitrogen and oxygen atoms in total. The Kier molecular flexibility index (Phi) is 5.01. The number of rotatable bonds is 5. The number of allylic oxidation sites excluding steroid dienone is 2. The van der Waals surface area contributed by atoms with Crippen molar-refractivity contribution in [2.45, 2.75) is 19.8 Å². The van der Waals surface area contributed by atoms with E-state index in [4.69, 9.17) is 4.74 Å². The minimum Gasteiger partial charge on any atom is -0.485 e. The molecule has 0 N–H and O–H groups in total. The van der Waals surface area contributed by atoms with Crippen LogP contribution in [-0.4, -0.2) is 24.2 Å². The van der Waals surface area contributed by atoms with Gasteiger partial charge in [0, 0.05) is 5.56 Å². The number of hydrogen-bond donors (Lipinski definition) is 0. The summed E-state index contributed by atoms with van der Waals surface area (Å²) in [6.07, 6.45) is 3.26. The Bertz CT molecular complexity index is 995. The van der Waals surface area contributed by atoms with E-state index in [1.165, 1.54) is 29.2 Å². The molecule has 2 aliphatic rings. The molecule has 2 aromatic rings. The number of imide groups is 1. The molecule has 0 radical (unpaired) electrons. The summed E-state index contributed by atoms with van der Waals surface area (Å²) < 4.78 is 18.4. The van der Waals surface area contributed by atoms with Gasteiger partial charge in [-0.05, 0) is 68.3 Å². The molecule has 1 fully saturated rings. The molecule has 1 aliphatic heterocycles. The van der Waals surface area contributed by atoms with Crippen molar-refractivity contribution < 1.29 is 23.5 Å². The topological polar surface area (TPSA) is 63.7 Å². The summed E-state index contributed by atoms with van der Waals surface area (Å²) >= 11 is 0. The van der Waals surface area contributed by atoms with Gasteiger partial charge in [-0.25, -0.2) is 4.39 Å². The average Bonchev–Trinajstić information content (AvgIpc) is 2.97. The lowest BCUT2D eigenvalue weighted by Crippen LogP contribution is -2.30. The van der Waals surface area contributed by atoms with E-state index in [0.29, 0.717) is 29.8 Å². The van der Waals surface area contributed by atoms with Gasteiger partial charge in [-0.3, -0.25) is 19.3 Å². The van der Waals surface area contributed by atoms with Crippen LogP contribution >= 0.6 is 0 Å². The molecule has 0 saturated carbocycles. The van der Waals surface area contributed by atoms with E-state index in [2.05, 4.69) is 0 Å². The standard InChI is InChI=1S/C23H20FNO4/c1-14-2-11-19-20(12-14)23(28)25(22(19)27)17-7-9-18(10-8-17)29-13-21(26)15-3-5-16(24)6-4-15/h2-10,19-20H,11-13H2,1H3/t19-,20-/m1/s1. The van der Waals surface area contributed by atoms with Crippen LogP contribution in [0.2, 0.25) is 0 Å². The van der Waals surface area contributed by atoms with E-state index in [9.17, 15) is 18.8 Å². The smallest absolute Gasteiger partial charge is 0.238 e. The third-order valence-corrected chi connectivity index (χ3v) is 5.45. The highest BCUT2D eigenvalue weighted by atomic mass is 19.1. The molecule has 6 heteroatoms. The number of ketones is 1. The second kappa shape index (κ2) is 7.62. The van der Waals surface area contributed by atoms with Gasteiger partial charge < -0.3 is 4.74 Å². The van der Waals surface area contributed by atoms with Gasteiger partial charge in [-0.15, -0.1) is 0 Å². The van der Waals surface area contributed by atoms with Crippen LogP contribution in [0.5, 0.6) is 5.75 Å². The summed E-state index contributed by atoms with van der Waals surface area (Å²) in [5.41, 5.74) is 2.01. The Morgan fingerprint density at radius 1 is 1.03 bits per heavy atom. The first-order valence-electron chi connectivity index (χ1n) is 9.49. The Hall–Kier alpha value is -3.28. The molecule has 4 rings (SSSR count). The number of fused-ring (bicyclic) bond motifs is 1. The molecule has 0 unspecified atom stereocenters. The summed E-state index contributed by atoms with van der Waals surface area (Å²) in [4.78, 5) is 38.8. The van der Waals surface area contributed by atoms with Crippen LogP contribution in [0.1, 0.15) is 30.1 Å². The van der Waals surface area contributed by atoms with Gasteiger partial charge in [0.25, 0.3) is 0 Å². The summed E-state index contributed by atoms with van der Waals surface area (Å²) in [5, 5.41) is 0. The fourth-order valence-corrected chi connectivity index (χ4v) is 3.85. The number of carbonyl (C=O) groups is 3. The highest BCUT2D eigenvalue weighted by Gasteiger charge is 2.48. The molecule has 0 aromatic heterocycles. The van der Waals surface area contributed by atoms with Crippen molar-refractivity contribution in [3.05, 3.63) is 71.6 Å². The summed E-state index contributed by atoms with van der Waals surface area (Å²) in [5.74, 6) is -1.12. The Balaban J connectivity index is 1.42. The highest BCUT2D eigenvalue weighted by Crippen LogP contribution is 2.39. The second-order valence-electron chi connectivity index (χ2n) is 7.43. The zero-order valence-electron chi connectivity index (χ0n) is 15.9. The Morgan fingerprint density at radius 3 is 2.38 bits per heavy atom. The summed E-state index contributed by atoms with van der Waals surface area (Å²) in [6.45, 7) is 1.79. The fraction of sp³-hybridized carbons (Fsp3) is 0.261. The number of Topliss-reactive ketones (excluding diaryl/α,β-unsaturated/α-hetero) is 1. The van der Waals surface area contributed by atoms with Crippen molar-refractivity contribution >= 4 is 23.3 Å². The van der Waals surface area contributed by atoms with E-state index in [1.807, 2.05) is 13.0 Å². The van der Waals surface area contributed by atoms with Crippen LogP contribution in [0, 0.1) is 17.7 Å².